The van der Waals surface area contributed by atoms with Crippen molar-refractivity contribution in [2.75, 3.05) is 0 Å². The molecular weight excluding hydrogens is 592 g/mol. The molecule has 2 heterocycles. The average Bonchev–Trinajstić information content (AvgIpc) is 3.09. The van der Waals surface area contributed by atoms with Crippen molar-refractivity contribution >= 4 is 86.2 Å². The van der Waals surface area contributed by atoms with E-state index in [0.717, 1.165) is 0 Å². The summed E-state index contributed by atoms with van der Waals surface area (Å²) >= 11 is 0. The summed E-state index contributed by atoms with van der Waals surface area (Å²) in [6.45, 7) is 0. The van der Waals surface area contributed by atoms with E-state index in [9.17, 15) is 42.1 Å². The van der Waals surface area contributed by atoms with Crippen LogP contribution in [0.4, 0.5) is 0 Å². The highest BCUT2D eigenvalue weighted by molar-refractivity contribution is 6.44. The third-order valence-electron chi connectivity index (χ3n) is 8.43. The fraction of sp³-hybridized carbons (Fsp3) is 0. The van der Waals surface area contributed by atoms with Crippen molar-refractivity contribution in [2.45, 2.75) is 0 Å². The predicted molar refractivity (Wildman–Crippen MR) is 186 cm³/mol. The number of hydrogen-bond acceptors (Lipinski definition) is 10. The minimum atomic E-state index is -0.0426. The lowest BCUT2D eigenvalue weighted by Crippen LogP contribution is -2.30. The molecule has 0 atom stereocenters. The Kier molecular flexibility index (Phi) is 8.23. The SMILES string of the molecule is Bc1c(C#N)c(B)c(C#N)c(/C(C#N)=c2\ccc3ccc4cc/c(=C(/C#N)c5c(C#N)c(B)c(C#N)c(B)c5C#N)nc4c3n2)c1C#N. The van der Waals surface area contributed by atoms with Crippen molar-refractivity contribution in [3.05, 3.63) is 91.6 Å². The van der Waals surface area contributed by atoms with Crippen molar-refractivity contribution in [1.82, 2.24) is 9.97 Å². The van der Waals surface area contributed by atoms with Crippen LogP contribution in [0.3, 0.4) is 0 Å². The average molecular weight is 606 g/mol. The molecule has 5 aromatic rings. The van der Waals surface area contributed by atoms with Gasteiger partial charge in [0.05, 0.1) is 91.5 Å². The van der Waals surface area contributed by atoms with Gasteiger partial charge in [-0.25, -0.2) is 9.97 Å². The first-order valence-electron chi connectivity index (χ1n) is 14.2. The first kappa shape index (κ1) is 31.8. The Morgan fingerprint density at radius 1 is 0.417 bits per heavy atom. The number of nitriles is 8. The second-order valence-electron chi connectivity index (χ2n) is 10.7. The van der Waals surface area contributed by atoms with Gasteiger partial charge in [-0.15, -0.1) is 0 Å². The highest BCUT2D eigenvalue weighted by Gasteiger charge is 2.24. The van der Waals surface area contributed by atoms with Gasteiger partial charge in [0.2, 0.25) is 0 Å². The molecule has 0 amide bonds. The van der Waals surface area contributed by atoms with E-state index in [1.807, 2.05) is 24.3 Å². The van der Waals surface area contributed by atoms with Crippen molar-refractivity contribution in [3.63, 3.8) is 0 Å². The van der Waals surface area contributed by atoms with Crippen LogP contribution in [0.2, 0.25) is 0 Å². The van der Waals surface area contributed by atoms with Gasteiger partial charge >= 0.3 is 0 Å². The molecule has 10 nitrogen and oxygen atoms in total. The topological polar surface area (TPSA) is 216 Å². The Morgan fingerprint density at radius 2 is 0.688 bits per heavy atom. The summed E-state index contributed by atoms with van der Waals surface area (Å²) in [6.07, 6.45) is 0. The van der Waals surface area contributed by atoms with Gasteiger partial charge in [0.1, 0.15) is 43.5 Å². The second-order valence-corrected chi connectivity index (χ2v) is 10.7. The van der Waals surface area contributed by atoms with Crippen LogP contribution in [0.15, 0.2) is 36.4 Å². The van der Waals surface area contributed by atoms with Gasteiger partial charge < -0.3 is 0 Å². The van der Waals surface area contributed by atoms with Crippen LogP contribution in [0.5, 0.6) is 0 Å². The molecule has 0 unspecified atom stereocenters. The van der Waals surface area contributed by atoms with Crippen molar-refractivity contribution in [2.24, 2.45) is 0 Å². The molecule has 0 spiro atoms. The fourth-order valence-electron chi connectivity index (χ4n) is 5.99. The normalized spacial score (nSPS) is 11.3. The lowest BCUT2D eigenvalue weighted by Gasteiger charge is -2.14. The molecule has 0 radical (unpaired) electrons. The molecule has 5 rings (SSSR count). The smallest absolute Gasteiger partial charge is 0.142 e. The summed E-state index contributed by atoms with van der Waals surface area (Å²) in [5, 5.41) is 82.0. The lowest BCUT2D eigenvalue weighted by atomic mass is 9.72. The zero-order valence-corrected chi connectivity index (χ0v) is 25.9. The monoisotopic (exact) mass is 606 g/mol. The molecule has 2 aromatic heterocycles. The number of nitrogens with zero attached hydrogens (tertiary/aromatic N) is 10. The van der Waals surface area contributed by atoms with E-state index in [-0.39, 0.29) is 66.4 Å². The van der Waals surface area contributed by atoms with E-state index < -0.39 is 0 Å². The van der Waals surface area contributed by atoms with Crippen molar-refractivity contribution in [3.8, 4) is 48.6 Å². The largest absolute Gasteiger partial charge is 0.245 e. The maximum Gasteiger partial charge on any atom is 0.142 e. The molecule has 0 aliphatic heterocycles. The molecule has 0 aliphatic rings. The summed E-state index contributed by atoms with van der Waals surface area (Å²) in [5.74, 6) is 0. The Labute approximate surface area is 277 Å². The molecule has 212 valence electrons. The zero-order valence-electron chi connectivity index (χ0n) is 25.9. The van der Waals surface area contributed by atoms with Crippen LogP contribution in [0.25, 0.3) is 33.0 Å². The quantitative estimate of drug-likeness (QED) is 0.143. The molecule has 0 fully saturated rings. The number of fused-ring (bicyclic) bond motifs is 3. The second kappa shape index (κ2) is 12.4. The minimum Gasteiger partial charge on any atom is -0.245 e. The predicted octanol–water partition coefficient (Wildman–Crippen LogP) is -3.51. The fourth-order valence-corrected chi connectivity index (χ4v) is 5.99. The summed E-state index contributed by atoms with van der Waals surface area (Å²) in [5.41, 5.74) is 2.63. The number of benzene rings is 3. The molecule has 0 bridgehead atoms. The van der Waals surface area contributed by atoms with Crippen LogP contribution in [-0.2, 0) is 0 Å². The summed E-state index contributed by atoms with van der Waals surface area (Å²) in [4.78, 5) is 9.56. The maximum atomic E-state index is 10.4. The Hall–Kier alpha value is -7.60. The molecule has 48 heavy (non-hydrogen) atoms. The lowest BCUT2D eigenvalue weighted by molar-refractivity contribution is 1.27. The Bertz CT molecular complexity index is 2550. The van der Waals surface area contributed by atoms with Crippen LogP contribution in [0, 0.1) is 90.6 Å². The van der Waals surface area contributed by atoms with Crippen LogP contribution in [-0.4, -0.2) is 41.4 Å². The minimum absolute atomic E-state index is 0.0216. The van der Waals surface area contributed by atoms with E-state index in [2.05, 4.69) is 36.4 Å². The van der Waals surface area contributed by atoms with Gasteiger partial charge in [-0.1, -0.05) is 46.1 Å². The van der Waals surface area contributed by atoms with Gasteiger partial charge in [0.25, 0.3) is 0 Å². The number of pyridine rings is 2. The van der Waals surface area contributed by atoms with Crippen LogP contribution < -0.4 is 32.5 Å². The van der Waals surface area contributed by atoms with Gasteiger partial charge in [0.15, 0.2) is 0 Å². The van der Waals surface area contributed by atoms with Gasteiger partial charge in [-0.3, -0.25) is 0 Å². The zero-order chi connectivity index (χ0) is 34.9. The van der Waals surface area contributed by atoms with Crippen LogP contribution in [0.1, 0.15) is 44.5 Å². The summed E-state index contributed by atoms with van der Waals surface area (Å²) < 4.78 is 0. The molecule has 0 saturated heterocycles. The van der Waals surface area contributed by atoms with E-state index >= 15 is 0 Å². The molecule has 0 aliphatic carbocycles. The number of aromatic nitrogens is 2. The van der Waals surface area contributed by atoms with Crippen molar-refractivity contribution in [1.29, 1.82) is 42.1 Å². The first-order valence-corrected chi connectivity index (χ1v) is 14.2. The number of rotatable bonds is 2. The molecule has 3 aromatic carbocycles. The standard InChI is InChI=1S/C34H14B4N10/c35-29-19(9-41)27(20(10-42)30(36)23(29)13-45)17(7-39)25-5-3-15-1-2-16-4-6-26(48-34(16)33(15)47-25)18(8-40)28-21(11-43)31(37)24(14-46)32(38)22(28)12-44/h1-6H,35-38H2/b25-17+,26-18+. The van der Waals surface area contributed by atoms with Gasteiger partial charge in [-0.2, -0.15) is 42.1 Å². The third-order valence-corrected chi connectivity index (χ3v) is 8.43. The third kappa shape index (κ3) is 4.66. The molecule has 0 saturated carbocycles. The Morgan fingerprint density at radius 3 is 0.938 bits per heavy atom. The van der Waals surface area contributed by atoms with Gasteiger partial charge in [-0.05, 0) is 12.1 Å². The summed E-state index contributed by atoms with van der Waals surface area (Å²) in [7, 11) is 6.36. The van der Waals surface area contributed by atoms with E-state index in [1.165, 1.54) is 0 Å². The van der Waals surface area contributed by atoms with Crippen LogP contribution >= 0.6 is 0 Å². The Balaban J connectivity index is 1.96. The number of hydrogen-bond donors (Lipinski definition) is 0. The van der Waals surface area contributed by atoms with Gasteiger partial charge in [0, 0.05) is 33.0 Å². The van der Waals surface area contributed by atoms with E-state index in [1.54, 1.807) is 55.7 Å². The summed E-state index contributed by atoms with van der Waals surface area (Å²) in [6, 6.07) is 26.8. The first-order chi connectivity index (χ1) is 23.1. The molecular formula is C34H14B4N10. The maximum absolute atomic E-state index is 10.4. The van der Waals surface area contributed by atoms with E-state index in [4.69, 9.17) is 9.97 Å². The van der Waals surface area contributed by atoms with Crippen molar-refractivity contribution < 1.29 is 0 Å². The molecule has 14 heteroatoms. The molecule has 0 N–H and O–H groups in total. The van der Waals surface area contributed by atoms with E-state index in [0.29, 0.717) is 43.7 Å². The highest BCUT2D eigenvalue weighted by atomic mass is 14.8. The highest BCUT2D eigenvalue weighted by Crippen LogP contribution is 2.24.